The van der Waals surface area contributed by atoms with E-state index in [1.165, 1.54) is 0 Å². The van der Waals surface area contributed by atoms with Crippen molar-refractivity contribution in [2.45, 2.75) is 35.5 Å². The fraction of sp³-hybridized carbons (Fsp3) is 0.111. The van der Waals surface area contributed by atoms with E-state index >= 15 is 0 Å². The van der Waals surface area contributed by atoms with Crippen LogP contribution < -0.4 is 18.8 Å². The zero-order valence-electron chi connectivity index (χ0n) is 26.1. The van der Waals surface area contributed by atoms with Gasteiger partial charge in [-0.3, -0.25) is 0 Å². The maximum atomic E-state index is 12.8. The van der Waals surface area contributed by atoms with Crippen molar-refractivity contribution in [3.05, 3.63) is 170 Å². The smallest absolute Gasteiger partial charge is 0.783 e. The van der Waals surface area contributed by atoms with Crippen LogP contribution in [0.3, 0.4) is 0 Å². The van der Waals surface area contributed by atoms with E-state index in [-0.39, 0.29) is 19.5 Å². The topological polar surface area (TPSA) is 64.6 Å². The Labute approximate surface area is 310 Å². The van der Waals surface area contributed by atoms with Crippen LogP contribution in [0.4, 0.5) is 0 Å². The molecule has 240 valence electrons. The van der Waals surface area contributed by atoms with E-state index < -0.39 is 11.4 Å². The average Bonchev–Trinajstić information content (AvgIpc) is 3.01. The summed E-state index contributed by atoms with van der Waals surface area (Å²) in [5, 5.41) is 0. The molecule has 2 unspecified atom stereocenters. The first-order valence-electron chi connectivity index (χ1n) is 14.3. The molecule has 4 aromatic carbocycles. The molecule has 0 saturated heterocycles. The second-order valence-corrected chi connectivity index (χ2v) is 21.3. The van der Waals surface area contributed by atoms with Crippen molar-refractivity contribution in [1.82, 2.24) is 0 Å². The largest absolute Gasteiger partial charge is 2.00 e. The standard InChI is InChI=1S/2C18H19O2PS2.Zn/c2*1-3-9-15-11-5-7-13-17(15)20-21(19,22)23-18-14-8-6-12-16(18)10-4-2;/h2*3-8,11-14H,1-2,9-10H2,(H,19,22);/q;;+2/p-2. The first-order valence-corrected chi connectivity index (χ1v) is 22.4. The maximum absolute atomic E-state index is 12.8. The monoisotopic (exact) mass is 786 g/mol. The second kappa shape index (κ2) is 21.2. The quantitative estimate of drug-likeness (QED) is 0.0632. The Morgan fingerprint density at radius 3 is 1.13 bits per heavy atom. The summed E-state index contributed by atoms with van der Waals surface area (Å²) in [4.78, 5) is 27.3. The summed E-state index contributed by atoms with van der Waals surface area (Å²) in [6, 6.07) is 30.4. The van der Waals surface area contributed by atoms with Crippen LogP contribution in [0.25, 0.3) is 0 Å². The number of rotatable bonds is 16. The molecule has 0 saturated carbocycles. The van der Waals surface area contributed by atoms with E-state index in [0.717, 1.165) is 54.8 Å². The van der Waals surface area contributed by atoms with Gasteiger partial charge in [0.25, 0.3) is 0 Å². The third kappa shape index (κ3) is 14.2. The second-order valence-electron chi connectivity index (χ2n) is 9.66. The molecule has 0 aliphatic rings. The maximum Gasteiger partial charge on any atom is 2.00 e. The van der Waals surface area contributed by atoms with Gasteiger partial charge in [0.2, 0.25) is 0 Å². The molecule has 4 aromatic rings. The Morgan fingerprint density at radius 1 is 0.511 bits per heavy atom. The molecular formula is C36H36O4P2S4Zn. The third-order valence-corrected chi connectivity index (χ3v) is 13.4. The number of para-hydroxylation sites is 2. The molecule has 0 aliphatic heterocycles. The van der Waals surface area contributed by atoms with Gasteiger partial charge in [-0.05, 0) is 72.2 Å². The normalized spacial score (nSPS) is 12.8. The molecule has 47 heavy (non-hydrogen) atoms. The Hall–Kier alpha value is -2.02. The first-order chi connectivity index (χ1) is 22.1. The van der Waals surface area contributed by atoms with Crippen LogP contribution in [-0.4, -0.2) is 0 Å². The molecule has 11 heteroatoms. The van der Waals surface area contributed by atoms with Gasteiger partial charge >= 0.3 is 19.5 Å². The Balaban J connectivity index is 0.000000320. The van der Waals surface area contributed by atoms with Crippen LogP contribution >= 0.6 is 34.2 Å². The van der Waals surface area contributed by atoms with Crippen LogP contribution in [0.1, 0.15) is 22.3 Å². The van der Waals surface area contributed by atoms with Gasteiger partial charge in [0, 0.05) is 9.79 Å². The van der Waals surface area contributed by atoms with Crippen LogP contribution in [0, 0.1) is 0 Å². The van der Waals surface area contributed by atoms with Crippen molar-refractivity contribution in [3.8, 4) is 11.5 Å². The van der Waals surface area contributed by atoms with Crippen LogP contribution in [0.15, 0.2) is 157 Å². The van der Waals surface area contributed by atoms with Crippen LogP contribution in [-0.2, 0) is 68.8 Å². The van der Waals surface area contributed by atoms with Gasteiger partial charge < -0.3 is 18.8 Å². The summed E-state index contributed by atoms with van der Waals surface area (Å²) in [5.74, 6) is 1.11. The molecule has 0 spiro atoms. The number of allylic oxidation sites excluding steroid dienone is 4. The number of hydrogen-bond donors (Lipinski definition) is 0. The molecule has 0 heterocycles. The van der Waals surface area contributed by atoms with Gasteiger partial charge in [-0.25, -0.2) is 0 Å². The molecule has 0 bridgehead atoms. The van der Waals surface area contributed by atoms with E-state index in [1.54, 1.807) is 24.3 Å². The van der Waals surface area contributed by atoms with Gasteiger partial charge in [0.05, 0.1) is 0 Å². The number of benzene rings is 4. The fourth-order valence-electron chi connectivity index (χ4n) is 4.19. The minimum Gasteiger partial charge on any atom is -0.783 e. The van der Waals surface area contributed by atoms with Crippen molar-refractivity contribution < 1.29 is 38.3 Å². The summed E-state index contributed by atoms with van der Waals surface area (Å²) >= 11 is 12.7. The summed E-state index contributed by atoms with van der Waals surface area (Å²) in [6.07, 6.45) is 9.87. The fourth-order valence-corrected chi connectivity index (χ4v) is 11.5. The van der Waals surface area contributed by atoms with Crippen molar-refractivity contribution in [3.63, 3.8) is 0 Å². The summed E-state index contributed by atoms with van der Waals surface area (Å²) in [7, 11) is 0. The van der Waals surface area contributed by atoms with Crippen molar-refractivity contribution in [2.75, 3.05) is 0 Å². The molecule has 2 atom stereocenters. The van der Waals surface area contributed by atoms with Crippen molar-refractivity contribution in [1.29, 1.82) is 0 Å². The van der Waals surface area contributed by atoms with Gasteiger partial charge in [-0.15, -0.1) is 26.3 Å². The van der Waals surface area contributed by atoms with Gasteiger partial charge in [-0.1, -0.05) is 143 Å². The number of hydrogen-bond acceptors (Lipinski definition) is 8. The third-order valence-electron chi connectivity index (χ3n) is 6.19. The zero-order chi connectivity index (χ0) is 33.4. The molecule has 0 amide bonds. The van der Waals surface area contributed by atoms with E-state index in [2.05, 4.69) is 26.3 Å². The SMILES string of the molecule is C=CCc1ccccc1OP([O-])(=S)Sc1ccccc1CC=C.C=CCc1ccccc1OP([O-])(=S)Sc1ccccc1CC=C.[Zn+2]. The predicted octanol–water partition coefficient (Wildman–Crippen LogP) is 9.80. The van der Waals surface area contributed by atoms with Crippen LogP contribution in [0.5, 0.6) is 11.5 Å². The van der Waals surface area contributed by atoms with Gasteiger partial charge in [0.15, 0.2) is 0 Å². The molecule has 0 fully saturated rings. The summed E-state index contributed by atoms with van der Waals surface area (Å²) in [6.45, 7) is 15.0. The van der Waals surface area contributed by atoms with Crippen LogP contribution in [0.2, 0.25) is 0 Å². The Morgan fingerprint density at radius 2 is 0.787 bits per heavy atom. The Kier molecular flexibility index (Phi) is 18.5. The molecule has 0 aromatic heterocycles. The molecular weight excluding hydrogens is 752 g/mol. The molecule has 4 rings (SSSR count). The van der Waals surface area contributed by atoms with E-state index in [9.17, 15) is 9.79 Å². The van der Waals surface area contributed by atoms with Gasteiger partial charge in [0.1, 0.15) is 22.9 Å². The van der Waals surface area contributed by atoms with Gasteiger partial charge in [-0.2, -0.15) is 0 Å². The molecule has 0 radical (unpaired) electrons. The Bertz CT molecular complexity index is 1500. The summed E-state index contributed by atoms with van der Waals surface area (Å²) < 4.78 is 11.4. The molecule has 4 nitrogen and oxygen atoms in total. The van der Waals surface area contributed by atoms with E-state index in [4.69, 9.17) is 32.7 Å². The first kappa shape index (κ1) is 41.2. The molecule has 0 N–H and O–H groups in total. The van der Waals surface area contributed by atoms with E-state index in [1.807, 2.05) is 97.1 Å². The van der Waals surface area contributed by atoms with Crippen molar-refractivity contribution >= 4 is 57.8 Å². The average molecular weight is 788 g/mol. The molecule has 0 aliphatic carbocycles. The summed E-state index contributed by atoms with van der Waals surface area (Å²) in [5.41, 5.74) is -2.68. The predicted molar refractivity (Wildman–Crippen MR) is 203 cm³/mol. The zero-order valence-corrected chi connectivity index (χ0v) is 34.1. The minimum absolute atomic E-state index is 0. The minimum atomic E-state index is -3.31. The van der Waals surface area contributed by atoms with E-state index in [0.29, 0.717) is 37.2 Å². The van der Waals surface area contributed by atoms with Crippen molar-refractivity contribution in [2.24, 2.45) is 0 Å².